The van der Waals surface area contributed by atoms with E-state index in [0.29, 0.717) is 0 Å². The van der Waals surface area contributed by atoms with Crippen LogP contribution >= 0.6 is 0 Å². The van der Waals surface area contributed by atoms with E-state index in [1.165, 1.54) is 18.3 Å². The third-order valence-corrected chi connectivity index (χ3v) is 2.55. The molecule has 2 N–H and O–H groups in total. The van der Waals surface area contributed by atoms with E-state index in [4.69, 9.17) is 0 Å². The Morgan fingerprint density at radius 2 is 2.33 bits per heavy atom. The Morgan fingerprint density at radius 3 is 2.94 bits per heavy atom. The fraction of sp³-hybridized carbons (Fsp3) is 0.273. The summed E-state index contributed by atoms with van der Waals surface area (Å²) < 4.78 is 0. The molecule has 7 heteroatoms. The van der Waals surface area contributed by atoms with E-state index in [2.05, 4.69) is 20.3 Å². The highest BCUT2D eigenvalue weighted by Crippen LogP contribution is 2.25. The van der Waals surface area contributed by atoms with Crippen molar-refractivity contribution in [1.82, 2.24) is 15.0 Å². The molecule has 0 aromatic carbocycles. The molecule has 7 nitrogen and oxygen atoms in total. The second kappa shape index (κ2) is 5.26. The largest absolute Gasteiger partial charge is 0.354 e. The number of aromatic nitrogens is 3. The molecule has 0 radical (unpaired) electrons. The Hall–Kier alpha value is -2.44. The molecule has 2 heterocycles. The zero-order valence-corrected chi connectivity index (χ0v) is 9.83. The van der Waals surface area contributed by atoms with Gasteiger partial charge in [0.15, 0.2) is 0 Å². The SMILES string of the molecule is CCC(Nc1ncccc1[N+](=O)[O-])c1ncc[nH]1. The zero-order chi connectivity index (χ0) is 13.0. The monoisotopic (exact) mass is 247 g/mol. The highest BCUT2D eigenvalue weighted by molar-refractivity contribution is 5.55. The van der Waals surface area contributed by atoms with Gasteiger partial charge in [0.2, 0.25) is 5.82 Å². The van der Waals surface area contributed by atoms with E-state index in [9.17, 15) is 10.1 Å². The quantitative estimate of drug-likeness (QED) is 0.624. The third kappa shape index (κ3) is 2.45. The number of H-pyrrole nitrogens is 1. The molecule has 2 rings (SSSR count). The summed E-state index contributed by atoms with van der Waals surface area (Å²) in [5, 5.41) is 13.9. The molecule has 0 fully saturated rings. The number of nitrogens with zero attached hydrogens (tertiary/aromatic N) is 3. The van der Waals surface area contributed by atoms with E-state index in [0.717, 1.165) is 12.2 Å². The molecule has 2 aromatic heterocycles. The van der Waals surface area contributed by atoms with Crippen LogP contribution < -0.4 is 5.32 Å². The molecule has 1 atom stereocenters. The first-order valence-corrected chi connectivity index (χ1v) is 5.57. The second-order valence-electron chi connectivity index (χ2n) is 3.71. The number of pyridine rings is 1. The summed E-state index contributed by atoms with van der Waals surface area (Å²) in [5.41, 5.74) is -0.0393. The summed E-state index contributed by atoms with van der Waals surface area (Å²) in [6, 6.07) is 2.83. The van der Waals surface area contributed by atoms with Crippen molar-refractivity contribution in [2.24, 2.45) is 0 Å². The molecule has 0 amide bonds. The number of rotatable bonds is 5. The molecule has 0 saturated heterocycles. The lowest BCUT2D eigenvalue weighted by atomic mass is 10.2. The molecule has 0 bridgehead atoms. The molecule has 0 aliphatic rings. The Bertz CT molecular complexity index is 526. The van der Waals surface area contributed by atoms with E-state index in [-0.39, 0.29) is 17.5 Å². The number of imidazole rings is 1. The maximum atomic E-state index is 10.9. The molecule has 0 aliphatic heterocycles. The minimum atomic E-state index is -0.454. The van der Waals surface area contributed by atoms with Crippen LogP contribution in [0.15, 0.2) is 30.7 Å². The fourth-order valence-corrected chi connectivity index (χ4v) is 1.65. The first kappa shape index (κ1) is 12.0. The maximum absolute atomic E-state index is 10.9. The van der Waals surface area contributed by atoms with Gasteiger partial charge >= 0.3 is 5.69 Å². The van der Waals surface area contributed by atoms with Crippen molar-refractivity contribution in [1.29, 1.82) is 0 Å². The zero-order valence-electron chi connectivity index (χ0n) is 9.83. The van der Waals surface area contributed by atoms with Crippen molar-refractivity contribution in [3.8, 4) is 0 Å². The Morgan fingerprint density at radius 1 is 1.50 bits per heavy atom. The normalized spacial score (nSPS) is 12.1. The average Bonchev–Trinajstić information content (AvgIpc) is 2.90. The van der Waals surface area contributed by atoms with Crippen LogP contribution in [0.2, 0.25) is 0 Å². The third-order valence-electron chi connectivity index (χ3n) is 2.55. The first-order chi connectivity index (χ1) is 8.72. The van der Waals surface area contributed by atoms with Crippen LogP contribution in [0, 0.1) is 10.1 Å². The lowest BCUT2D eigenvalue weighted by Gasteiger charge is -2.14. The van der Waals surface area contributed by atoms with Crippen molar-refractivity contribution < 1.29 is 4.92 Å². The van der Waals surface area contributed by atoms with E-state index < -0.39 is 4.92 Å². The minimum absolute atomic E-state index is 0.0393. The Kier molecular flexibility index (Phi) is 3.52. The number of hydrogen-bond donors (Lipinski definition) is 2. The predicted octanol–water partition coefficient (Wildman–Crippen LogP) is 2.28. The van der Waals surface area contributed by atoms with Gasteiger partial charge in [-0.05, 0) is 12.5 Å². The van der Waals surface area contributed by atoms with Gasteiger partial charge in [0.1, 0.15) is 5.82 Å². The smallest absolute Gasteiger partial charge is 0.311 e. The highest BCUT2D eigenvalue weighted by atomic mass is 16.6. The molecule has 0 aliphatic carbocycles. The topological polar surface area (TPSA) is 96.7 Å². The number of nitrogens with one attached hydrogen (secondary N) is 2. The van der Waals surface area contributed by atoms with Crippen molar-refractivity contribution in [2.75, 3.05) is 5.32 Å². The summed E-state index contributed by atoms with van der Waals surface area (Å²) in [5.74, 6) is 0.989. The summed E-state index contributed by atoms with van der Waals surface area (Å²) in [7, 11) is 0. The highest BCUT2D eigenvalue weighted by Gasteiger charge is 2.19. The molecule has 2 aromatic rings. The van der Waals surface area contributed by atoms with Crippen LogP contribution in [0.5, 0.6) is 0 Å². The summed E-state index contributed by atoms with van der Waals surface area (Å²) in [6.07, 6.45) is 5.62. The molecular formula is C11H13N5O2. The van der Waals surface area contributed by atoms with Gasteiger partial charge in [-0.2, -0.15) is 0 Å². The van der Waals surface area contributed by atoms with Gasteiger partial charge in [-0.1, -0.05) is 6.92 Å². The fourth-order valence-electron chi connectivity index (χ4n) is 1.65. The molecule has 94 valence electrons. The van der Waals surface area contributed by atoms with Gasteiger partial charge in [-0.25, -0.2) is 9.97 Å². The number of nitro groups is 1. The second-order valence-corrected chi connectivity index (χ2v) is 3.71. The Balaban J connectivity index is 2.25. The predicted molar refractivity (Wildman–Crippen MR) is 66.1 cm³/mol. The molecular weight excluding hydrogens is 234 g/mol. The maximum Gasteiger partial charge on any atom is 0.311 e. The van der Waals surface area contributed by atoms with Crippen LogP contribution in [-0.2, 0) is 0 Å². The lowest BCUT2D eigenvalue weighted by Crippen LogP contribution is -2.13. The van der Waals surface area contributed by atoms with E-state index in [1.807, 2.05) is 6.92 Å². The van der Waals surface area contributed by atoms with Crippen LogP contribution in [-0.4, -0.2) is 19.9 Å². The van der Waals surface area contributed by atoms with Crippen molar-refractivity contribution >= 4 is 11.5 Å². The number of aromatic amines is 1. The minimum Gasteiger partial charge on any atom is -0.354 e. The number of hydrogen-bond acceptors (Lipinski definition) is 5. The van der Waals surface area contributed by atoms with E-state index in [1.54, 1.807) is 12.4 Å². The van der Waals surface area contributed by atoms with Crippen molar-refractivity contribution in [3.63, 3.8) is 0 Å². The number of anilines is 1. The standard InChI is InChI=1S/C11H13N5O2/c1-2-8(10-13-6-7-14-10)15-11-9(16(17)18)4-3-5-12-11/h3-8H,2H2,1H3,(H,12,15)(H,13,14). The van der Waals surface area contributed by atoms with Crippen LogP contribution in [0.1, 0.15) is 25.2 Å². The van der Waals surface area contributed by atoms with Gasteiger partial charge in [-0.3, -0.25) is 10.1 Å². The lowest BCUT2D eigenvalue weighted by molar-refractivity contribution is -0.384. The Labute approximate surface area is 103 Å². The van der Waals surface area contributed by atoms with Gasteiger partial charge in [0.05, 0.1) is 11.0 Å². The van der Waals surface area contributed by atoms with Gasteiger partial charge in [0, 0.05) is 24.7 Å². The van der Waals surface area contributed by atoms with Gasteiger partial charge < -0.3 is 10.3 Å². The van der Waals surface area contributed by atoms with E-state index >= 15 is 0 Å². The summed E-state index contributed by atoms with van der Waals surface area (Å²) >= 11 is 0. The molecule has 0 saturated carbocycles. The summed E-state index contributed by atoms with van der Waals surface area (Å²) in [6.45, 7) is 1.97. The van der Waals surface area contributed by atoms with Gasteiger partial charge in [-0.15, -0.1) is 0 Å². The van der Waals surface area contributed by atoms with Crippen LogP contribution in [0.25, 0.3) is 0 Å². The van der Waals surface area contributed by atoms with Crippen LogP contribution in [0.3, 0.4) is 0 Å². The summed E-state index contributed by atoms with van der Waals surface area (Å²) in [4.78, 5) is 21.6. The molecule has 18 heavy (non-hydrogen) atoms. The molecule has 0 spiro atoms. The van der Waals surface area contributed by atoms with Crippen molar-refractivity contribution in [2.45, 2.75) is 19.4 Å². The average molecular weight is 247 g/mol. The van der Waals surface area contributed by atoms with Crippen LogP contribution in [0.4, 0.5) is 11.5 Å². The molecule has 1 unspecified atom stereocenters. The van der Waals surface area contributed by atoms with Gasteiger partial charge in [0.25, 0.3) is 0 Å². The van der Waals surface area contributed by atoms with Crippen molar-refractivity contribution in [3.05, 3.63) is 46.7 Å². The first-order valence-electron chi connectivity index (χ1n) is 5.57.